The van der Waals surface area contributed by atoms with Gasteiger partial charge in [-0.1, -0.05) is 6.92 Å². The number of hydrogen-bond donors (Lipinski definition) is 0. The number of nitrogens with zero attached hydrogens (tertiary/aromatic N) is 1. The van der Waals surface area contributed by atoms with Crippen molar-refractivity contribution in [2.75, 3.05) is 0 Å². The Balaban J connectivity index is 3.17. The molecule has 10 heavy (non-hydrogen) atoms. The highest BCUT2D eigenvalue weighted by Gasteiger charge is 2.05. The second-order valence-corrected chi connectivity index (χ2v) is 1.79. The van der Waals surface area contributed by atoms with Crippen LogP contribution in [0.1, 0.15) is 12.5 Å². The summed E-state index contributed by atoms with van der Waals surface area (Å²) in [5, 5.41) is 0. The quantitative estimate of drug-likeness (QED) is 0.546. The Morgan fingerprint density at radius 3 is 2.60 bits per heavy atom. The molecule has 0 atom stereocenters. The van der Waals surface area contributed by atoms with E-state index < -0.39 is 11.8 Å². The van der Waals surface area contributed by atoms with E-state index in [2.05, 4.69) is 4.98 Å². The van der Waals surface area contributed by atoms with Gasteiger partial charge in [-0.25, -0.2) is 9.37 Å². The Morgan fingerprint density at radius 1 is 1.50 bits per heavy atom. The molecule has 3 heteroatoms. The van der Waals surface area contributed by atoms with Crippen molar-refractivity contribution in [1.82, 2.24) is 4.98 Å². The van der Waals surface area contributed by atoms with Crippen molar-refractivity contribution < 1.29 is 8.78 Å². The number of rotatable bonds is 1. The number of hydrogen-bond acceptors (Lipinski definition) is 1. The molecule has 0 unspecified atom stereocenters. The lowest BCUT2D eigenvalue weighted by Gasteiger charge is -1.97. The standard InChI is InChI=1S/C7H6F2N/c1-2-5-6(8)3-4-10-7(5)9/h2-4H,1H3. The zero-order valence-electron chi connectivity index (χ0n) is 5.44. The zero-order valence-corrected chi connectivity index (χ0v) is 5.44. The topological polar surface area (TPSA) is 12.9 Å². The monoisotopic (exact) mass is 142 g/mol. The van der Waals surface area contributed by atoms with Gasteiger partial charge >= 0.3 is 0 Å². The first-order valence-electron chi connectivity index (χ1n) is 2.85. The summed E-state index contributed by atoms with van der Waals surface area (Å²) < 4.78 is 25.0. The zero-order chi connectivity index (χ0) is 7.56. The van der Waals surface area contributed by atoms with Crippen molar-refractivity contribution >= 4 is 0 Å². The predicted octanol–water partition coefficient (Wildman–Crippen LogP) is 1.93. The molecule has 1 aromatic rings. The maximum Gasteiger partial charge on any atom is 0.219 e. The average molecular weight is 142 g/mol. The van der Waals surface area contributed by atoms with Crippen molar-refractivity contribution in [1.29, 1.82) is 0 Å². The Hall–Kier alpha value is -0.990. The first-order valence-corrected chi connectivity index (χ1v) is 2.85. The average Bonchev–Trinajstić information content (AvgIpc) is 1.88. The molecule has 0 aliphatic rings. The molecule has 0 amide bonds. The van der Waals surface area contributed by atoms with Crippen LogP contribution in [-0.4, -0.2) is 4.98 Å². The van der Waals surface area contributed by atoms with E-state index in [4.69, 9.17) is 0 Å². The van der Waals surface area contributed by atoms with Crippen LogP contribution in [-0.2, 0) is 0 Å². The lowest BCUT2D eigenvalue weighted by molar-refractivity contribution is 0.540. The van der Waals surface area contributed by atoms with Crippen molar-refractivity contribution in [3.05, 3.63) is 36.0 Å². The molecule has 1 nitrogen and oxygen atoms in total. The minimum Gasteiger partial charge on any atom is -0.228 e. The minimum atomic E-state index is -0.762. The van der Waals surface area contributed by atoms with Crippen LogP contribution in [0.3, 0.4) is 0 Å². The number of aromatic nitrogens is 1. The highest BCUT2D eigenvalue weighted by molar-refractivity contribution is 5.20. The summed E-state index contributed by atoms with van der Waals surface area (Å²) in [6.45, 7) is 1.56. The van der Waals surface area contributed by atoms with E-state index >= 15 is 0 Å². The summed E-state index contributed by atoms with van der Waals surface area (Å²) >= 11 is 0. The summed E-state index contributed by atoms with van der Waals surface area (Å²) in [6, 6.07) is 1.12. The highest BCUT2D eigenvalue weighted by Crippen LogP contribution is 2.10. The first-order chi connectivity index (χ1) is 4.75. The Morgan fingerprint density at radius 2 is 2.20 bits per heavy atom. The molecule has 0 aliphatic carbocycles. The van der Waals surface area contributed by atoms with Gasteiger partial charge in [0.05, 0.1) is 0 Å². The summed E-state index contributed by atoms with van der Waals surface area (Å²) in [4.78, 5) is 3.27. The van der Waals surface area contributed by atoms with Crippen LogP contribution in [0, 0.1) is 18.2 Å². The van der Waals surface area contributed by atoms with Gasteiger partial charge in [0, 0.05) is 11.8 Å². The summed E-state index contributed by atoms with van der Waals surface area (Å²) in [6.07, 6.45) is 2.44. The fraction of sp³-hybridized carbons (Fsp3) is 0.143. The SMILES string of the molecule is C[CH]c1c(F)ccnc1F. The van der Waals surface area contributed by atoms with E-state index in [0.717, 1.165) is 12.3 Å². The lowest BCUT2D eigenvalue weighted by atomic mass is 10.2. The minimum absolute atomic E-state index is 0.0671. The van der Waals surface area contributed by atoms with Gasteiger partial charge in [-0.3, -0.25) is 0 Å². The predicted molar refractivity (Wildman–Crippen MR) is 33.2 cm³/mol. The molecule has 1 rings (SSSR count). The van der Waals surface area contributed by atoms with E-state index in [1.54, 1.807) is 6.92 Å². The van der Waals surface area contributed by atoms with Crippen LogP contribution >= 0.6 is 0 Å². The van der Waals surface area contributed by atoms with Crippen LogP contribution in [0.2, 0.25) is 0 Å². The normalized spacial score (nSPS) is 9.90. The molecule has 0 N–H and O–H groups in total. The van der Waals surface area contributed by atoms with Crippen molar-refractivity contribution in [3.63, 3.8) is 0 Å². The van der Waals surface area contributed by atoms with Crippen molar-refractivity contribution in [2.45, 2.75) is 6.92 Å². The van der Waals surface area contributed by atoms with Crippen LogP contribution in [0.4, 0.5) is 8.78 Å². The highest BCUT2D eigenvalue weighted by atomic mass is 19.1. The van der Waals surface area contributed by atoms with Gasteiger partial charge in [0.2, 0.25) is 5.95 Å². The molecule has 0 saturated carbocycles. The summed E-state index contributed by atoms with van der Waals surface area (Å²) in [5.74, 6) is -1.34. The first kappa shape index (κ1) is 7.12. The smallest absolute Gasteiger partial charge is 0.219 e. The molecule has 0 aromatic carbocycles. The fourth-order valence-electron chi connectivity index (χ4n) is 0.683. The van der Waals surface area contributed by atoms with Gasteiger partial charge in [-0.15, -0.1) is 0 Å². The lowest BCUT2D eigenvalue weighted by Crippen LogP contribution is -1.93. The van der Waals surface area contributed by atoms with E-state index in [0.29, 0.717) is 0 Å². The largest absolute Gasteiger partial charge is 0.228 e. The summed E-state index contributed by atoms with van der Waals surface area (Å²) in [7, 11) is 0. The van der Waals surface area contributed by atoms with Gasteiger partial charge in [-0.2, -0.15) is 4.39 Å². The van der Waals surface area contributed by atoms with E-state index in [-0.39, 0.29) is 5.56 Å². The molecule has 0 saturated heterocycles. The maximum absolute atomic E-state index is 12.5. The van der Waals surface area contributed by atoms with Gasteiger partial charge < -0.3 is 0 Å². The second-order valence-electron chi connectivity index (χ2n) is 1.79. The fourth-order valence-corrected chi connectivity index (χ4v) is 0.683. The van der Waals surface area contributed by atoms with Crippen molar-refractivity contribution in [2.24, 2.45) is 0 Å². The third kappa shape index (κ3) is 1.12. The molecule has 1 heterocycles. The third-order valence-electron chi connectivity index (χ3n) is 1.18. The second kappa shape index (κ2) is 2.73. The number of pyridine rings is 1. The molecule has 0 fully saturated rings. The van der Waals surface area contributed by atoms with E-state index in [9.17, 15) is 8.78 Å². The Kier molecular flexibility index (Phi) is 1.94. The van der Waals surface area contributed by atoms with Crippen LogP contribution in [0.15, 0.2) is 12.3 Å². The third-order valence-corrected chi connectivity index (χ3v) is 1.18. The van der Waals surface area contributed by atoms with Crippen LogP contribution in [0.25, 0.3) is 0 Å². The summed E-state index contributed by atoms with van der Waals surface area (Å²) in [5.41, 5.74) is -0.0671. The van der Waals surface area contributed by atoms with Gasteiger partial charge in [-0.05, 0) is 12.5 Å². The van der Waals surface area contributed by atoms with Gasteiger partial charge in [0.25, 0.3) is 0 Å². The molecule has 0 aliphatic heterocycles. The maximum atomic E-state index is 12.5. The molecule has 0 spiro atoms. The van der Waals surface area contributed by atoms with Gasteiger partial charge in [0.15, 0.2) is 0 Å². The Labute approximate surface area is 57.7 Å². The molecule has 1 radical (unpaired) electrons. The van der Waals surface area contributed by atoms with Crippen LogP contribution < -0.4 is 0 Å². The molecule has 1 aromatic heterocycles. The van der Waals surface area contributed by atoms with Gasteiger partial charge in [0.1, 0.15) is 5.82 Å². The van der Waals surface area contributed by atoms with Crippen LogP contribution in [0.5, 0.6) is 0 Å². The molecular weight excluding hydrogens is 136 g/mol. The number of halogens is 2. The van der Waals surface area contributed by atoms with Crippen molar-refractivity contribution in [3.8, 4) is 0 Å². The van der Waals surface area contributed by atoms with E-state index in [1.165, 1.54) is 6.42 Å². The molecule has 53 valence electrons. The molecule has 0 bridgehead atoms. The van der Waals surface area contributed by atoms with E-state index in [1.807, 2.05) is 0 Å². The molecular formula is C7H6F2N. The Bertz CT molecular complexity index is 215.